The van der Waals surface area contributed by atoms with E-state index in [1.54, 1.807) is 7.11 Å². The molecule has 0 aliphatic carbocycles. The van der Waals surface area contributed by atoms with Gasteiger partial charge in [-0.15, -0.1) is 0 Å². The number of nitrogens with zero attached hydrogens (tertiary/aromatic N) is 2. The highest BCUT2D eigenvalue weighted by atomic mass is 16.5. The molecule has 5 rings (SSSR count). The lowest BCUT2D eigenvalue weighted by molar-refractivity contribution is 0.310. The maximum atomic E-state index is 7.01. The largest absolute Gasteiger partial charge is 0.496 e. The van der Waals surface area contributed by atoms with Crippen LogP contribution in [0.3, 0.4) is 0 Å². The van der Waals surface area contributed by atoms with E-state index in [2.05, 4.69) is 78.7 Å². The summed E-state index contributed by atoms with van der Waals surface area (Å²) < 4.78 is 5.81. The van der Waals surface area contributed by atoms with E-state index in [9.17, 15) is 0 Å². The Morgan fingerprint density at radius 2 is 1.94 bits per heavy atom. The molecule has 5 N–H and O–H groups in total. The van der Waals surface area contributed by atoms with Gasteiger partial charge in [0, 0.05) is 25.0 Å². The van der Waals surface area contributed by atoms with Crippen molar-refractivity contribution >= 4 is 17.3 Å². The second-order valence-electron chi connectivity index (χ2n) is 10.3. The van der Waals surface area contributed by atoms with E-state index >= 15 is 0 Å². The third kappa shape index (κ3) is 3.95. The predicted octanol–water partition coefficient (Wildman–Crippen LogP) is 4.36. The zero-order valence-corrected chi connectivity index (χ0v) is 20.6. The predicted molar refractivity (Wildman–Crippen MR) is 139 cm³/mol. The van der Waals surface area contributed by atoms with Crippen molar-refractivity contribution in [1.29, 1.82) is 0 Å². The van der Waals surface area contributed by atoms with Crippen molar-refractivity contribution in [3.05, 3.63) is 76.5 Å². The Morgan fingerprint density at radius 1 is 1.15 bits per heavy atom. The fraction of sp³-hybridized carbons (Fsp3) is 0.370. The van der Waals surface area contributed by atoms with Crippen LogP contribution >= 0.6 is 0 Å². The first-order chi connectivity index (χ1) is 16.2. The highest BCUT2D eigenvalue weighted by Crippen LogP contribution is 2.38. The molecule has 1 atom stereocenters. The molecule has 7 nitrogen and oxygen atoms in total. The highest BCUT2D eigenvalue weighted by Gasteiger charge is 2.37. The number of H-pyrrole nitrogens is 1. The lowest BCUT2D eigenvalue weighted by Crippen LogP contribution is -2.47. The number of likely N-dealkylation sites (N-methyl/N-ethyl adjacent to an activating group) is 1. The summed E-state index contributed by atoms with van der Waals surface area (Å²) in [5, 5.41) is 7.02. The van der Waals surface area contributed by atoms with Gasteiger partial charge in [-0.1, -0.05) is 39.0 Å². The summed E-state index contributed by atoms with van der Waals surface area (Å²) in [6, 6.07) is 14.6. The zero-order chi connectivity index (χ0) is 24.1. The number of para-hydroxylation sites is 1. The van der Waals surface area contributed by atoms with Gasteiger partial charge >= 0.3 is 0 Å². The number of aromatic nitrogens is 1. The molecule has 0 saturated heterocycles. The van der Waals surface area contributed by atoms with Gasteiger partial charge in [-0.05, 0) is 59.8 Å². The van der Waals surface area contributed by atoms with Gasteiger partial charge in [-0.25, -0.2) is 4.99 Å². The van der Waals surface area contributed by atoms with Gasteiger partial charge in [0.1, 0.15) is 17.4 Å². The topological polar surface area (TPSA) is 90.7 Å². The van der Waals surface area contributed by atoms with Gasteiger partial charge in [-0.3, -0.25) is 5.73 Å². The molecule has 2 aliphatic rings. The number of fused-ring (bicyclic) bond motifs is 2. The Kier molecular flexibility index (Phi) is 5.41. The Hall–Kier alpha value is -3.29. The van der Waals surface area contributed by atoms with E-state index in [1.807, 2.05) is 18.3 Å². The first kappa shape index (κ1) is 22.5. The van der Waals surface area contributed by atoms with Gasteiger partial charge in [0.2, 0.25) is 5.79 Å². The lowest BCUT2D eigenvalue weighted by atomic mass is 9.85. The quantitative estimate of drug-likeness (QED) is 0.468. The number of rotatable bonds is 3. The van der Waals surface area contributed by atoms with E-state index in [4.69, 9.17) is 15.5 Å². The Morgan fingerprint density at radius 3 is 2.71 bits per heavy atom. The Bertz CT molecular complexity index is 1250. The molecule has 0 radical (unpaired) electrons. The number of hydrogen-bond acceptors (Lipinski definition) is 6. The van der Waals surface area contributed by atoms with Crippen molar-refractivity contribution in [3.63, 3.8) is 0 Å². The van der Waals surface area contributed by atoms with Crippen LogP contribution in [0.25, 0.3) is 0 Å². The molecule has 3 heterocycles. The van der Waals surface area contributed by atoms with Crippen molar-refractivity contribution in [2.45, 2.75) is 44.9 Å². The molecule has 1 aromatic heterocycles. The van der Waals surface area contributed by atoms with Gasteiger partial charge in [-0.2, -0.15) is 0 Å². The van der Waals surface area contributed by atoms with Crippen LogP contribution in [0.1, 0.15) is 48.6 Å². The second-order valence-corrected chi connectivity index (χ2v) is 10.3. The SMILES string of the molecule is COc1cc2c(cc1C1(N)N=C(Nc3ccccc3C(C)(C)C)c3cc[nH]c3N1)CN(C)CC2. The van der Waals surface area contributed by atoms with Crippen LogP contribution in [0.5, 0.6) is 5.75 Å². The Labute approximate surface area is 201 Å². The van der Waals surface area contributed by atoms with E-state index < -0.39 is 5.79 Å². The van der Waals surface area contributed by atoms with E-state index in [0.29, 0.717) is 5.84 Å². The maximum Gasteiger partial charge on any atom is 0.216 e. The molecular formula is C27H34N6O. The minimum atomic E-state index is -1.20. The van der Waals surface area contributed by atoms with Crippen LogP contribution in [0.15, 0.2) is 53.7 Å². The van der Waals surface area contributed by atoms with E-state index in [1.165, 1.54) is 16.7 Å². The minimum Gasteiger partial charge on any atom is -0.496 e. The standard InChI is InChI=1S/C27H34N6O/c1-26(2,3)20-8-6-7-9-22(20)30-25-19-10-12-29-24(19)31-27(28,32-25)21-14-18-16-33(4)13-11-17(18)15-23(21)34-5/h6-10,12,14-15,29,31H,11,13,16,28H2,1-5H3,(H,30,32). The normalized spacial score (nSPS) is 20.1. The summed E-state index contributed by atoms with van der Waals surface area (Å²) in [6.45, 7) is 8.54. The lowest BCUT2D eigenvalue weighted by Gasteiger charge is -2.35. The first-order valence-electron chi connectivity index (χ1n) is 11.8. The summed E-state index contributed by atoms with van der Waals surface area (Å²) in [7, 11) is 3.83. The van der Waals surface area contributed by atoms with Crippen LogP contribution in [0, 0.1) is 0 Å². The number of ether oxygens (including phenoxy) is 1. The second kappa shape index (κ2) is 8.18. The molecule has 178 valence electrons. The summed E-state index contributed by atoms with van der Waals surface area (Å²) in [6.07, 6.45) is 2.89. The number of aromatic amines is 1. The minimum absolute atomic E-state index is 0.0222. The molecule has 0 saturated carbocycles. The van der Waals surface area contributed by atoms with Crippen molar-refractivity contribution in [2.24, 2.45) is 10.7 Å². The van der Waals surface area contributed by atoms with Crippen LogP contribution < -0.4 is 21.1 Å². The highest BCUT2D eigenvalue weighted by molar-refractivity contribution is 6.13. The van der Waals surface area contributed by atoms with Crippen molar-refractivity contribution in [2.75, 3.05) is 31.3 Å². The molecule has 0 bridgehead atoms. The summed E-state index contributed by atoms with van der Waals surface area (Å²) >= 11 is 0. The fourth-order valence-corrected chi connectivity index (χ4v) is 4.92. The van der Waals surface area contributed by atoms with E-state index in [-0.39, 0.29) is 5.41 Å². The zero-order valence-electron chi connectivity index (χ0n) is 20.6. The first-order valence-corrected chi connectivity index (χ1v) is 11.8. The number of methoxy groups -OCH3 is 1. The smallest absolute Gasteiger partial charge is 0.216 e. The number of aliphatic imine (C=N–C) groups is 1. The van der Waals surface area contributed by atoms with Crippen LogP contribution in [0.4, 0.5) is 11.5 Å². The molecule has 7 heteroatoms. The van der Waals surface area contributed by atoms with Gasteiger partial charge < -0.3 is 25.3 Å². The van der Waals surface area contributed by atoms with Gasteiger partial charge in [0.15, 0.2) is 0 Å². The number of benzene rings is 2. The number of hydrogen-bond donors (Lipinski definition) is 4. The molecule has 34 heavy (non-hydrogen) atoms. The molecule has 0 spiro atoms. The molecule has 0 amide bonds. The monoisotopic (exact) mass is 458 g/mol. The average Bonchev–Trinajstić information content (AvgIpc) is 3.26. The fourth-order valence-electron chi connectivity index (χ4n) is 4.92. The van der Waals surface area contributed by atoms with Crippen molar-refractivity contribution in [1.82, 2.24) is 9.88 Å². The molecular weight excluding hydrogens is 424 g/mol. The maximum absolute atomic E-state index is 7.01. The van der Waals surface area contributed by atoms with Crippen molar-refractivity contribution in [3.8, 4) is 5.75 Å². The molecule has 3 aromatic rings. The third-order valence-electron chi connectivity index (χ3n) is 6.73. The van der Waals surface area contributed by atoms with E-state index in [0.717, 1.165) is 47.9 Å². The van der Waals surface area contributed by atoms with Crippen LogP contribution in [0.2, 0.25) is 0 Å². The summed E-state index contributed by atoms with van der Waals surface area (Å²) in [5.74, 6) is 1.08. The van der Waals surface area contributed by atoms with Gasteiger partial charge in [0.05, 0.1) is 18.2 Å². The molecule has 0 fully saturated rings. The summed E-state index contributed by atoms with van der Waals surface area (Å²) in [4.78, 5) is 10.7. The number of nitrogens with two attached hydrogens (primary N) is 1. The summed E-state index contributed by atoms with van der Waals surface area (Å²) in [5.41, 5.74) is 13.5. The van der Waals surface area contributed by atoms with Crippen LogP contribution in [-0.4, -0.2) is 36.4 Å². The molecule has 2 aromatic carbocycles. The van der Waals surface area contributed by atoms with Crippen molar-refractivity contribution < 1.29 is 4.74 Å². The van der Waals surface area contributed by atoms with Gasteiger partial charge in [0.25, 0.3) is 0 Å². The number of amidine groups is 1. The molecule has 1 unspecified atom stereocenters. The number of anilines is 2. The Balaban J connectivity index is 1.62. The third-order valence-corrected chi connectivity index (χ3v) is 6.73. The van der Waals surface area contributed by atoms with Crippen LogP contribution in [-0.2, 0) is 24.2 Å². The average molecular weight is 459 g/mol. The number of nitrogens with one attached hydrogen (secondary N) is 3. The molecule has 2 aliphatic heterocycles.